The maximum Gasteiger partial charge on any atom is 0.508 e. The normalized spacial score (nSPS) is 18.6. The van der Waals surface area contributed by atoms with Crippen molar-refractivity contribution in [2.75, 3.05) is 6.61 Å². The van der Waals surface area contributed by atoms with E-state index in [1.165, 1.54) is 6.42 Å². The summed E-state index contributed by atoms with van der Waals surface area (Å²) in [4.78, 5) is 11.1. The smallest absolute Gasteiger partial charge is 0.431 e. The highest BCUT2D eigenvalue weighted by Crippen LogP contribution is 2.26. The van der Waals surface area contributed by atoms with Crippen LogP contribution in [0.4, 0.5) is 4.79 Å². The fourth-order valence-electron chi connectivity index (χ4n) is 1.49. The second-order valence-corrected chi connectivity index (χ2v) is 6.05. The van der Waals surface area contributed by atoms with Crippen LogP contribution in [0.15, 0.2) is 0 Å². The van der Waals surface area contributed by atoms with Crippen LogP contribution in [0, 0.1) is 0 Å². The number of alkyl halides is 3. The maximum absolute atomic E-state index is 11.1. The fourth-order valence-corrected chi connectivity index (χ4v) is 1.66. The summed E-state index contributed by atoms with van der Waals surface area (Å²) >= 11 is 16.3. The van der Waals surface area contributed by atoms with Crippen molar-refractivity contribution in [2.45, 2.75) is 42.0 Å². The van der Waals surface area contributed by atoms with E-state index in [1.54, 1.807) is 0 Å². The van der Waals surface area contributed by atoms with Gasteiger partial charge in [0.15, 0.2) is 0 Å². The minimum absolute atomic E-state index is 0.0402. The summed E-state index contributed by atoms with van der Waals surface area (Å²) in [6.45, 7) is -0.288. The van der Waals surface area contributed by atoms with Gasteiger partial charge in [-0.2, -0.15) is 0 Å². The predicted molar refractivity (Wildman–Crippen MR) is 59.6 cm³/mol. The largest absolute Gasteiger partial charge is 0.508 e. The molecule has 3 nitrogen and oxygen atoms in total. The summed E-state index contributed by atoms with van der Waals surface area (Å²) < 4.78 is 8.12. The second kappa shape index (κ2) is 6.02. The third-order valence-electron chi connectivity index (χ3n) is 2.17. The van der Waals surface area contributed by atoms with Crippen molar-refractivity contribution in [3.05, 3.63) is 0 Å². The number of ether oxygens (including phenoxy) is 2. The molecule has 0 heterocycles. The molecule has 15 heavy (non-hydrogen) atoms. The van der Waals surface area contributed by atoms with Gasteiger partial charge < -0.3 is 9.47 Å². The first kappa shape index (κ1) is 13.2. The molecule has 0 bridgehead atoms. The van der Waals surface area contributed by atoms with Gasteiger partial charge in [0.05, 0.1) is 0 Å². The predicted octanol–water partition coefficient (Wildman–Crippen LogP) is 3.84. The van der Waals surface area contributed by atoms with Crippen molar-refractivity contribution in [1.82, 2.24) is 0 Å². The van der Waals surface area contributed by atoms with E-state index in [0.29, 0.717) is 0 Å². The molecular weight excluding hydrogens is 262 g/mol. The number of hydrogen-bond acceptors (Lipinski definition) is 3. The summed E-state index contributed by atoms with van der Waals surface area (Å²) in [5, 5.41) is 0. The molecule has 1 saturated carbocycles. The van der Waals surface area contributed by atoms with Gasteiger partial charge in [-0.1, -0.05) is 41.2 Å². The monoisotopic (exact) mass is 274 g/mol. The highest BCUT2D eigenvalue weighted by molar-refractivity contribution is 6.67. The lowest BCUT2D eigenvalue weighted by molar-refractivity contribution is 0.0122. The number of rotatable bonds is 2. The van der Waals surface area contributed by atoms with E-state index < -0.39 is 9.95 Å². The number of carbonyl (C=O) groups excluding carboxylic acids is 1. The Balaban J connectivity index is 2.17. The summed E-state index contributed by atoms with van der Waals surface area (Å²) in [5.41, 5.74) is 0. The number of halogens is 3. The molecule has 1 rings (SSSR count). The highest BCUT2D eigenvalue weighted by atomic mass is 35.6. The van der Waals surface area contributed by atoms with E-state index in [2.05, 4.69) is 4.74 Å². The van der Waals surface area contributed by atoms with Gasteiger partial charge in [-0.3, -0.25) is 0 Å². The van der Waals surface area contributed by atoms with Gasteiger partial charge in [0.2, 0.25) is 3.79 Å². The maximum atomic E-state index is 11.1. The Labute approximate surface area is 104 Å². The van der Waals surface area contributed by atoms with Gasteiger partial charge in [-0.15, -0.1) is 0 Å². The van der Waals surface area contributed by atoms with Crippen LogP contribution in [0.5, 0.6) is 0 Å². The zero-order valence-electron chi connectivity index (χ0n) is 8.18. The molecule has 0 radical (unpaired) electrons. The van der Waals surface area contributed by atoms with Gasteiger partial charge in [-0.25, -0.2) is 4.79 Å². The molecule has 1 aliphatic rings. The molecule has 0 unspecified atom stereocenters. The molecule has 0 aromatic rings. The molecular formula is C9H13Cl3O3. The van der Waals surface area contributed by atoms with Crippen LogP contribution < -0.4 is 0 Å². The minimum Gasteiger partial charge on any atom is -0.431 e. The second-order valence-electron chi connectivity index (χ2n) is 3.53. The van der Waals surface area contributed by atoms with Crippen molar-refractivity contribution in [3.63, 3.8) is 0 Å². The van der Waals surface area contributed by atoms with Gasteiger partial charge in [-0.05, 0) is 25.7 Å². The Morgan fingerprint density at radius 2 is 1.80 bits per heavy atom. The lowest BCUT2D eigenvalue weighted by Gasteiger charge is -2.21. The van der Waals surface area contributed by atoms with E-state index in [4.69, 9.17) is 39.5 Å². The van der Waals surface area contributed by atoms with Crippen LogP contribution in [0.2, 0.25) is 0 Å². The lowest BCUT2D eigenvalue weighted by Crippen LogP contribution is -2.24. The number of hydrogen-bond donors (Lipinski definition) is 0. The molecule has 0 aromatic carbocycles. The van der Waals surface area contributed by atoms with Crippen molar-refractivity contribution in [2.24, 2.45) is 0 Å². The van der Waals surface area contributed by atoms with E-state index in [0.717, 1.165) is 25.7 Å². The van der Waals surface area contributed by atoms with Crippen LogP contribution in [-0.2, 0) is 9.47 Å². The van der Waals surface area contributed by atoms with E-state index in [-0.39, 0.29) is 12.7 Å². The van der Waals surface area contributed by atoms with Crippen molar-refractivity contribution in [3.8, 4) is 0 Å². The van der Waals surface area contributed by atoms with Crippen molar-refractivity contribution < 1.29 is 14.3 Å². The molecule has 1 aliphatic carbocycles. The Morgan fingerprint density at radius 1 is 1.20 bits per heavy atom. The Kier molecular flexibility index (Phi) is 5.30. The Morgan fingerprint density at radius 3 is 2.33 bits per heavy atom. The molecule has 6 heteroatoms. The number of carbonyl (C=O) groups is 1. The van der Waals surface area contributed by atoms with Gasteiger partial charge in [0, 0.05) is 0 Å². The fraction of sp³-hybridized carbons (Fsp3) is 0.889. The first-order chi connectivity index (χ1) is 6.97. The zero-order chi connectivity index (χ0) is 11.3. The lowest BCUT2D eigenvalue weighted by atomic mass is 9.98. The average Bonchev–Trinajstić information content (AvgIpc) is 2.15. The quantitative estimate of drug-likeness (QED) is 0.567. The first-order valence-corrected chi connectivity index (χ1v) is 6.01. The Hall–Kier alpha value is 0.140. The molecule has 1 fully saturated rings. The standard InChI is InChI=1S/C9H13Cl3O3/c10-9(11,12)6-14-8(13)15-7-4-2-1-3-5-7/h7H,1-6H2. The van der Waals surface area contributed by atoms with E-state index in [9.17, 15) is 4.79 Å². The van der Waals surface area contributed by atoms with Crippen molar-refractivity contribution >= 4 is 41.0 Å². The van der Waals surface area contributed by atoms with Crippen LogP contribution in [-0.4, -0.2) is 22.7 Å². The summed E-state index contributed by atoms with van der Waals surface area (Å²) in [7, 11) is 0. The summed E-state index contributed by atoms with van der Waals surface area (Å²) in [6.07, 6.45) is 4.36. The van der Waals surface area contributed by atoms with Gasteiger partial charge >= 0.3 is 6.16 Å². The van der Waals surface area contributed by atoms with Crippen LogP contribution in [0.25, 0.3) is 0 Å². The molecule has 0 atom stereocenters. The average molecular weight is 276 g/mol. The topological polar surface area (TPSA) is 35.5 Å². The van der Waals surface area contributed by atoms with Crippen LogP contribution in [0.1, 0.15) is 32.1 Å². The minimum atomic E-state index is -1.58. The molecule has 0 saturated heterocycles. The SMILES string of the molecule is O=C(OCC(Cl)(Cl)Cl)OC1CCCCC1. The molecule has 0 aromatic heterocycles. The molecule has 0 N–H and O–H groups in total. The molecule has 0 aliphatic heterocycles. The third-order valence-corrected chi connectivity index (χ3v) is 2.50. The Bertz CT molecular complexity index is 209. The summed E-state index contributed by atoms with van der Waals surface area (Å²) in [6, 6.07) is 0. The van der Waals surface area contributed by atoms with E-state index >= 15 is 0 Å². The van der Waals surface area contributed by atoms with Crippen LogP contribution in [0.3, 0.4) is 0 Å². The molecule has 0 amide bonds. The summed E-state index contributed by atoms with van der Waals surface area (Å²) in [5.74, 6) is 0. The molecule has 88 valence electrons. The van der Waals surface area contributed by atoms with Crippen molar-refractivity contribution in [1.29, 1.82) is 0 Å². The third kappa shape index (κ3) is 6.33. The van der Waals surface area contributed by atoms with Crippen LogP contribution >= 0.6 is 34.8 Å². The van der Waals surface area contributed by atoms with Gasteiger partial charge in [0.1, 0.15) is 12.7 Å². The highest BCUT2D eigenvalue weighted by Gasteiger charge is 2.24. The zero-order valence-corrected chi connectivity index (χ0v) is 10.4. The first-order valence-electron chi connectivity index (χ1n) is 4.87. The van der Waals surface area contributed by atoms with E-state index in [1.807, 2.05) is 0 Å². The van der Waals surface area contributed by atoms with Gasteiger partial charge in [0.25, 0.3) is 0 Å². The molecule has 0 spiro atoms.